The molecular weight excluding hydrogens is 220 g/mol. The molecule has 4 nitrogen and oxygen atoms in total. The van der Waals surface area contributed by atoms with Crippen LogP contribution in [0.3, 0.4) is 0 Å². The Bertz CT molecular complexity index is 583. The Labute approximate surface area is 97.5 Å². The lowest BCUT2D eigenvalue weighted by atomic mass is 9.87. The first-order valence-corrected chi connectivity index (χ1v) is 5.40. The second-order valence-corrected chi connectivity index (χ2v) is 4.30. The van der Waals surface area contributed by atoms with E-state index in [1.807, 2.05) is 6.92 Å². The number of ketones is 2. The van der Waals surface area contributed by atoms with Crippen molar-refractivity contribution in [2.24, 2.45) is 0 Å². The molecule has 17 heavy (non-hydrogen) atoms. The molecule has 1 unspecified atom stereocenters. The van der Waals surface area contributed by atoms with Crippen LogP contribution in [0.2, 0.25) is 0 Å². The number of fused-ring (bicyclic) bond motifs is 2. The van der Waals surface area contributed by atoms with Crippen LogP contribution in [0.5, 0.6) is 5.75 Å². The van der Waals surface area contributed by atoms with E-state index in [1.54, 1.807) is 12.1 Å². The summed E-state index contributed by atoms with van der Waals surface area (Å²) >= 11 is 0. The van der Waals surface area contributed by atoms with Gasteiger partial charge < -0.3 is 9.84 Å². The maximum atomic E-state index is 11.9. The number of ether oxygens (including phenoxy) is 1. The van der Waals surface area contributed by atoms with Crippen molar-refractivity contribution >= 4 is 17.3 Å². The largest absolute Gasteiger partial charge is 0.507 e. The average molecular weight is 230 g/mol. The van der Waals surface area contributed by atoms with E-state index < -0.39 is 11.6 Å². The van der Waals surface area contributed by atoms with Crippen LogP contribution in [0.1, 0.15) is 29.3 Å². The van der Waals surface area contributed by atoms with Gasteiger partial charge in [0.1, 0.15) is 17.6 Å². The zero-order valence-electron chi connectivity index (χ0n) is 9.19. The quantitative estimate of drug-likeness (QED) is 0.689. The number of hydrogen-bond donors (Lipinski definition) is 1. The number of hydrogen-bond acceptors (Lipinski definition) is 4. The van der Waals surface area contributed by atoms with Crippen molar-refractivity contribution in [1.82, 2.24) is 0 Å². The summed E-state index contributed by atoms with van der Waals surface area (Å²) in [5, 5.41) is 9.68. The van der Waals surface area contributed by atoms with Crippen molar-refractivity contribution in [3.63, 3.8) is 0 Å². The number of benzene rings is 1. The summed E-state index contributed by atoms with van der Waals surface area (Å²) in [7, 11) is 0. The molecule has 1 heterocycles. The molecule has 0 spiro atoms. The van der Waals surface area contributed by atoms with Crippen LogP contribution >= 0.6 is 0 Å². The molecule has 0 bridgehead atoms. The van der Waals surface area contributed by atoms with E-state index in [2.05, 4.69) is 0 Å². The standard InChI is InChI=1S/C13H10O4/c1-6-5-8-11(15)12(16)10-7(13(8)17-6)3-2-4-9(10)14/h2-4,6,14H,5H2,1H3. The Morgan fingerprint density at radius 2 is 2.06 bits per heavy atom. The lowest BCUT2D eigenvalue weighted by Crippen LogP contribution is -2.22. The van der Waals surface area contributed by atoms with Gasteiger partial charge in [0.25, 0.3) is 0 Å². The van der Waals surface area contributed by atoms with Crippen molar-refractivity contribution in [3.05, 3.63) is 34.9 Å². The van der Waals surface area contributed by atoms with Gasteiger partial charge in [-0.1, -0.05) is 12.1 Å². The molecule has 0 amide bonds. The van der Waals surface area contributed by atoms with Gasteiger partial charge in [-0.2, -0.15) is 0 Å². The average Bonchev–Trinajstić information content (AvgIpc) is 2.68. The summed E-state index contributed by atoms with van der Waals surface area (Å²) in [6, 6.07) is 4.72. The minimum atomic E-state index is -0.644. The third-order valence-electron chi connectivity index (χ3n) is 3.08. The number of phenols is 1. The van der Waals surface area contributed by atoms with E-state index >= 15 is 0 Å². The van der Waals surface area contributed by atoms with Gasteiger partial charge in [-0.25, -0.2) is 0 Å². The molecule has 0 saturated heterocycles. The zero-order valence-corrected chi connectivity index (χ0v) is 9.19. The first-order valence-electron chi connectivity index (χ1n) is 5.40. The van der Waals surface area contributed by atoms with E-state index in [-0.39, 0.29) is 17.4 Å². The molecule has 2 aliphatic rings. The molecule has 3 rings (SSSR count). The smallest absolute Gasteiger partial charge is 0.237 e. The van der Waals surface area contributed by atoms with Crippen LogP contribution in [-0.2, 0) is 9.53 Å². The Hall–Kier alpha value is -2.10. The third kappa shape index (κ3) is 1.24. The fraction of sp³-hybridized carbons (Fsp3) is 0.231. The highest BCUT2D eigenvalue weighted by Gasteiger charge is 2.39. The van der Waals surface area contributed by atoms with Crippen LogP contribution in [0.15, 0.2) is 23.8 Å². The Morgan fingerprint density at radius 1 is 1.29 bits per heavy atom. The van der Waals surface area contributed by atoms with E-state index in [9.17, 15) is 14.7 Å². The Kier molecular flexibility index (Phi) is 1.90. The molecule has 1 aromatic carbocycles. The Balaban J connectivity index is 2.30. The highest BCUT2D eigenvalue weighted by Crippen LogP contribution is 2.41. The summed E-state index contributed by atoms with van der Waals surface area (Å²) in [6.45, 7) is 1.85. The highest BCUT2D eigenvalue weighted by molar-refractivity contribution is 6.52. The number of rotatable bonds is 0. The summed E-state index contributed by atoms with van der Waals surface area (Å²) in [5.74, 6) is -0.920. The van der Waals surface area contributed by atoms with Crippen molar-refractivity contribution < 1.29 is 19.4 Å². The van der Waals surface area contributed by atoms with Gasteiger partial charge in [-0.05, 0) is 13.0 Å². The maximum Gasteiger partial charge on any atom is 0.237 e. The first kappa shape index (κ1) is 10.1. The van der Waals surface area contributed by atoms with E-state index in [4.69, 9.17) is 4.74 Å². The predicted octanol–water partition coefficient (Wildman–Crippen LogP) is 1.68. The van der Waals surface area contributed by atoms with Gasteiger partial charge in [-0.3, -0.25) is 9.59 Å². The van der Waals surface area contributed by atoms with Crippen molar-refractivity contribution in [1.29, 1.82) is 0 Å². The second kappa shape index (κ2) is 3.20. The number of phenolic OH excluding ortho intramolecular Hbond substituents is 1. The minimum absolute atomic E-state index is 0.0605. The summed E-state index contributed by atoms with van der Waals surface area (Å²) < 4.78 is 5.56. The van der Waals surface area contributed by atoms with Crippen LogP contribution in [0.4, 0.5) is 0 Å². The first-order chi connectivity index (χ1) is 8.09. The number of Topliss-reactive ketones (excluding diaryl/α,β-unsaturated/α-hetero) is 2. The van der Waals surface area contributed by atoms with Crippen LogP contribution in [0, 0.1) is 0 Å². The lowest BCUT2D eigenvalue weighted by molar-refractivity contribution is -0.112. The molecule has 1 aromatic rings. The van der Waals surface area contributed by atoms with Crippen LogP contribution in [0.25, 0.3) is 5.76 Å². The molecule has 1 N–H and O–H groups in total. The SMILES string of the molecule is CC1CC2=C(O1)c1cccc(O)c1C(=O)C2=O. The molecule has 0 saturated carbocycles. The molecule has 1 aliphatic heterocycles. The van der Waals surface area contributed by atoms with Gasteiger partial charge >= 0.3 is 0 Å². The molecule has 86 valence electrons. The maximum absolute atomic E-state index is 11.9. The molecular formula is C13H10O4. The van der Waals surface area contributed by atoms with Gasteiger partial charge in [0, 0.05) is 17.6 Å². The van der Waals surface area contributed by atoms with Crippen LogP contribution in [-0.4, -0.2) is 22.8 Å². The van der Waals surface area contributed by atoms with Crippen molar-refractivity contribution in [2.75, 3.05) is 0 Å². The van der Waals surface area contributed by atoms with E-state index in [0.29, 0.717) is 23.3 Å². The summed E-state index contributed by atoms with van der Waals surface area (Å²) in [6.07, 6.45) is 0.347. The highest BCUT2D eigenvalue weighted by atomic mass is 16.5. The van der Waals surface area contributed by atoms with Crippen LogP contribution < -0.4 is 0 Å². The fourth-order valence-corrected chi connectivity index (χ4v) is 2.33. The topological polar surface area (TPSA) is 63.6 Å². The van der Waals surface area contributed by atoms with E-state index in [1.165, 1.54) is 6.07 Å². The molecule has 0 fully saturated rings. The molecule has 1 aliphatic carbocycles. The summed E-state index contributed by atoms with van der Waals surface area (Å²) in [5.41, 5.74) is 1.01. The van der Waals surface area contributed by atoms with Gasteiger partial charge in [-0.15, -0.1) is 0 Å². The molecule has 1 atom stereocenters. The van der Waals surface area contributed by atoms with Gasteiger partial charge in [0.15, 0.2) is 0 Å². The molecule has 0 radical (unpaired) electrons. The monoisotopic (exact) mass is 230 g/mol. The van der Waals surface area contributed by atoms with E-state index in [0.717, 1.165) is 0 Å². The third-order valence-corrected chi connectivity index (χ3v) is 3.08. The minimum Gasteiger partial charge on any atom is -0.507 e. The normalized spacial score (nSPS) is 22.3. The number of aromatic hydroxyl groups is 1. The Morgan fingerprint density at radius 3 is 2.82 bits per heavy atom. The second-order valence-electron chi connectivity index (χ2n) is 4.30. The number of carbonyl (C=O) groups is 2. The molecule has 4 heteroatoms. The van der Waals surface area contributed by atoms with Gasteiger partial charge in [0.05, 0.1) is 5.56 Å². The van der Waals surface area contributed by atoms with Gasteiger partial charge in [0.2, 0.25) is 11.6 Å². The molecule has 0 aromatic heterocycles. The van der Waals surface area contributed by atoms with Crippen molar-refractivity contribution in [3.8, 4) is 5.75 Å². The predicted molar refractivity (Wildman–Crippen MR) is 59.5 cm³/mol. The number of carbonyl (C=O) groups excluding carboxylic acids is 2. The summed E-state index contributed by atoms with van der Waals surface area (Å²) in [4.78, 5) is 23.8. The van der Waals surface area contributed by atoms with Crippen molar-refractivity contribution in [2.45, 2.75) is 19.4 Å². The fourth-order valence-electron chi connectivity index (χ4n) is 2.33. The zero-order chi connectivity index (χ0) is 12.2. The lowest BCUT2D eigenvalue weighted by Gasteiger charge is -2.16.